The van der Waals surface area contributed by atoms with Crippen LogP contribution in [0, 0.1) is 6.92 Å². The highest BCUT2D eigenvalue weighted by atomic mass is 16.2. The van der Waals surface area contributed by atoms with Gasteiger partial charge in [0, 0.05) is 38.1 Å². The van der Waals surface area contributed by atoms with Crippen LogP contribution in [0.1, 0.15) is 18.1 Å². The minimum Gasteiger partial charge on any atom is -0.352 e. The van der Waals surface area contributed by atoms with E-state index in [-0.39, 0.29) is 6.03 Å². The Morgan fingerprint density at radius 1 is 0.935 bits per heavy atom. The van der Waals surface area contributed by atoms with Crippen LogP contribution < -0.4 is 15.5 Å². The molecule has 2 amide bonds. The topological polar surface area (TPSA) is 86.3 Å². The number of nitrogens with one attached hydrogen (secondary N) is 2. The van der Waals surface area contributed by atoms with Crippen LogP contribution in [0.3, 0.4) is 0 Å². The van der Waals surface area contributed by atoms with Crippen LogP contribution in [0.2, 0.25) is 0 Å². The van der Waals surface area contributed by atoms with Crippen molar-refractivity contribution >= 4 is 29.2 Å². The number of rotatable bonds is 5. The SMILES string of the molecule is CCc1ccc(NC(=O)N2CCN(c3ccc(Nc4ccc(C)cn4)nn3)CC2)cc1. The van der Waals surface area contributed by atoms with Gasteiger partial charge in [-0.3, -0.25) is 0 Å². The molecule has 0 unspecified atom stereocenters. The van der Waals surface area contributed by atoms with E-state index in [9.17, 15) is 4.79 Å². The number of anilines is 4. The van der Waals surface area contributed by atoms with E-state index in [1.165, 1.54) is 5.56 Å². The number of aryl methyl sites for hydroxylation is 2. The Labute approximate surface area is 182 Å². The first-order chi connectivity index (χ1) is 15.1. The normalized spacial score (nSPS) is 13.7. The Balaban J connectivity index is 1.28. The van der Waals surface area contributed by atoms with Gasteiger partial charge in [-0.25, -0.2) is 9.78 Å². The van der Waals surface area contributed by atoms with Crippen molar-refractivity contribution in [1.82, 2.24) is 20.1 Å². The van der Waals surface area contributed by atoms with Crippen LogP contribution in [0.5, 0.6) is 0 Å². The summed E-state index contributed by atoms with van der Waals surface area (Å²) in [5, 5.41) is 14.7. The molecule has 1 aliphatic rings. The van der Waals surface area contributed by atoms with Gasteiger partial charge in [0.15, 0.2) is 11.6 Å². The molecular formula is C23H27N7O. The highest BCUT2D eigenvalue weighted by Crippen LogP contribution is 2.17. The summed E-state index contributed by atoms with van der Waals surface area (Å²) in [7, 11) is 0. The summed E-state index contributed by atoms with van der Waals surface area (Å²) in [6.45, 7) is 6.80. The first-order valence-corrected chi connectivity index (χ1v) is 10.5. The summed E-state index contributed by atoms with van der Waals surface area (Å²) in [6.07, 6.45) is 2.79. The Kier molecular flexibility index (Phi) is 6.26. The maximum Gasteiger partial charge on any atom is 0.321 e. The molecule has 0 radical (unpaired) electrons. The summed E-state index contributed by atoms with van der Waals surface area (Å²) in [5.41, 5.74) is 3.18. The molecule has 3 aromatic rings. The maximum atomic E-state index is 12.6. The minimum absolute atomic E-state index is 0.0693. The van der Waals surface area contributed by atoms with Gasteiger partial charge < -0.3 is 20.4 Å². The Bertz CT molecular complexity index is 996. The number of piperazine rings is 1. The number of nitrogens with zero attached hydrogens (tertiary/aromatic N) is 5. The number of urea groups is 1. The van der Waals surface area contributed by atoms with E-state index >= 15 is 0 Å². The number of benzene rings is 1. The molecule has 160 valence electrons. The molecule has 0 saturated carbocycles. The van der Waals surface area contributed by atoms with Gasteiger partial charge in [-0.1, -0.05) is 25.1 Å². The fraction of sp³-hybridized carbons (Fsp3) is 0.304. The molecule has 0 aliphatic carbocycles. The number of hydrogen-bond donors (Lipinski definition) is 2. The summed E-state index contributed by atoms with van der Waals surface area (Å²) in [5.74, 6) is 2.18. The van der Waals surface area contributed by atoms with Crippen LogP contribution in [0.25, 0.3) is 0 Å². The Morgan fingerprint density at radius 3 is 2.29 bits per heavy atom. The highest BCUT2D eigenvalue weighted by Gasteiger charge is 2.22. The van der Waals surface area contributed by atoms with E-state index < -0.39 is 0 Å². The monoisotopic (exact) mass is 417 g/mol. The largest absolute Gasteiger partial charge is 0.352 e. The minimum atomic E-state index is -0.0693. The molecule has 31 heavy (non-hydrogen) atoms. The first kappa shape index (κ1) is 20.6. The molecule has 3 heterocycles. The summed E-state index contributed by atoms with van der Waals surface area (Å²) >= 11 is 0. The lowest BCUT2D eigenvalue weighted by Gasteiger charge is -2.35. The van der Waals surface area contributed by atoms with Crippen molar-refractivity contribution in [3.63, 3.8) is 0 Å². The highest BCUT2D eigenvalue weighted by molar-refractivity contribution is 5.89. The van der Waals surface area contributed by atoms with Gasteiger partial charge >= 0.3 is 6.03 Å². The number of carbonyl (C=O) groups excluding carboxylic acids is 1. The summed E-state index contributed by atoms with van der Waals surface area (Å²) in [4.78, 5) is 20.8. The van der Waals surface area contributed by atoms with E-state index in [1.54, 1.807) is 6.20 Å². The molecule has 1 saturated heterocycles. The average Bonchev–Trinajstić information content (AvgIpc) is 2.82. The number of aromatic nitrogens is 3. The zero-order chi connectivity index (χ0) is 21.6. The number of pyridine rings is 1. The maximum absolute atomic E-state index is 12.6. The average molecular weight is 418 g/mol. The second-order valence-electron chi connectivity index (χ2n) is 7.58. The molecule has 0 spiro atoms. The number of hydrogen-bond acceptors (Lipinski definition) is 6. The number of carbonyl (C=O) groups is 1. The molecule has 2 aromatic heterocycles. The van der Waals surface area contributed by atoms with E-state index in [4.69, 9.17) is 0 Å². The van der Waals surface area contributed by atoms with E-state index in [1.807, 2.05) is 60.4 Å². The second kappa shape index (κ2) is 9.42. The van der Waals surface area contributed by atoms with Crippen molar-refractivity contribution in [2.75, 3.05) is 41.7 Å². The molecule has 8 heteroatoms. The van der Waals surface area contributed by atoms with Crippen molar-refractivity contribution in [2.45, 2.75) is 20.3 Å². The van der Waals surface area contributed by atoms with Gasteiger partial charge in [-0.15, -0.1) is 10.2 Å². The zero-order valence-corrected chi connectivity index (χ0v) is 17.9. The van der Waals surface area contributed by atoms with Crippen molar-refractivity contribution in [3.8, 4) is 0 Å². The van der Waals surface area contributed by atoms with Crippen LogP contribution in [-0.2, 0) is 6.42 Å². The molecule has 2 N–H and O–H groups in total. The fourth-order valence-corrected chi connectivity index (χ4v) is 3.40. The van der Waals surface area contributed by atoms with Crippen molar-refractivity contribution < 1.29 is 4.79 Å². The predicted octanol–water partition coefficient (Wildman–Crippen LogP) is 3.84. The standard InChI is InChI=1S/C23H27N7O/c1-3-18-5-7-19(8-6-18)25-23(31)30-14-12-29(13-15-30)22-11-10-21(27-28-22)26-20-9-4-17(2)16-24-20/h4-11,16H,3,12-15H2,1-2H3,(H,25,31)(H,24,26,27). The van der Waals surface area contributed by atoms with Crippen molar-refractivity contribution in [2.24, 2.45) is 0 Å². The zero-order valence-electron chi connectivity index (χ0n) is 17.9. The third-order valence-electron chi connectivity index (χ3n) is 5.32. The van der Waals surface area contributed by atoms with Crippen LogP contribution in [-0.4, -0.2) is 52.3 Å². The van der Waals surface area contributed by atoms with Gasteiger partial charge in [0.2, 0.25) is 0 Å². The van der Waals surface area contributed by atoms with Gasteiger partial charge in [0.1, 0.15) is 5.82 Å². The second-order valence-corrected chi connectivity index (χ2v) is 7.58. The van der Waals surface area contributed by atoms with Gasteiger partial charge in [0.25, 0.3) is 0 Å². The molecule has 1 aromatic carbocycles. The molecule has 1 fully saturated rings. The van der Waals surface area contributed by atoms with Crippen molar-refractivity contribution in [3.05, 3.63) is 65.9 Å². The third kappa shape index (κ3) is 5.28. The predicted molar refractivity (Wildman–Crippen MR) is 123 cm³/mol. The quantitative estimate of drug-likeness (QED) is 0.656. The lowest BCUT2D eigenvalue weighted by Crippen LogP contribution is -2.50. The van der Waals surface area contributed by atoms with E-state index in [0.717, 1.165) is 29.3 Å². The third-order valence-corrected chi connectivity index (χ3v) is 5.32. The fourth-order valence-electron chi connectivity index (χ4n) is 3.40. The molecule has 4 rings (SSSR count). The van der Waals surface area contributed by atoms with Crippen LogP contribution in [0.4, 0.5) is 27.9 Å². The molecule has 0 atom stereocenters. The van der Waals surface area contributed by atoms with Gasteiger partial charge in [-0.05, 0) is 54.8 Å². The molecule has 0 bridgehead atoms. The van der Waals surface area contributed by atoms with Gasteiger partial charge in [0.05, 0.1) is 0 Å². The number of amides is 2. The summed E-state index contributed by atoms with van der Waals surface area (Å²) in [6, 6.07) is 15.6. The molecular weight excluding hydrogens is 390 g/mol. The smallest absolute Gasteiger partial charge is 0.321 e. The lowest BCUT2D eigenvalue weighted by atomic mass is 10.1. The lowest BCUT2D eigenvalue weighted by molar-refractivity contribution is 0.208. The Morgan fingerprint density at radius 2 is 1.68 bits per heavy atom. The Hall–Kier alpha value is -3.68. The first-order valence-electron chi connectivity index (χ1n) is 10.5. The summed E-state index contributed by atoms with van der Waals surface area (Å²) < 4.78 is 0. The van der Waals surface area contributed by atoms with Crippen LogP contribution >= 0.6 is 0 Å². The van der Waals surface area contributed by atoms with Crippen molar-refractivity contribution in [1.29, 1.82) is 0 Å². The molecule has 8 nitrogen and oxygen atoms in total. The van der Waals surface area contributed by atoms with E-state index in [0.29, 0.717) is 32.0 Å². The van der Waals surface area contributed by atoms with E-state index in [2.05, 4.69) is 37.6 Å². The van der Waals surface area contributed by atoms with Crippen LogP contribution in [0.15, 0.2) is 54.7 Å². The molecule has 1 aliphatic heterocycles. The van der Waals surface area contributed by atoms with Gasteiger partial charge in [-0.2, -0.15) is 0 Å².